The van der Waals surface area contributed by atoms with Crippen LogP contribution >= 0.6 is 0 Å². The zero-order valence-electron chi connectivity index (χ0n) is 14.7. The molecule has 2 N–H and O–H groups in total. The highest BCUT2D eigenvalue weighted by atomic mass is 16.2. The molecule has 6 heteroatoms. The van der Waals surface area contributed by atoms with Gasteiger partial charge < -0.3 is 0 Å². The Balaban J connectivity index is 1.29. The van der Waals surface area contributed by atoms with E-state index in [1.54, 1.807) is 6.20 Å². The molecule has 0 spiro atoms. The van der Waals surface area contributed by atoms with Crippen LogP contribution < -0.4 is 5.43 Å². The highest BCUT2D eigenvalue weighted by Crippen LogP contribution is 2.60. The Kier molecular flexibility index (Phi) is 3.65. The van der Waals surface area contributed by atoms with Crippen LogP contribution in [0.4, 0.5) is 0 Å². The van der Waals surface area contributed by atoms with Gasteiger partial charge in [-0.3, -0.25) is 14.9 Å². The van der Waals surface area contributed by atoms with Crippen LogP contribution in [0.15, 0.2) is 35.6 Å². The standard InChI is InChI=1S/C20H23N5O/c26-19(25-22-12-16-3-1-2-4-21-16)17-8-18(24-23-17)20-9-13-5-14(10-20)7-15(6-13)11-20/h1-4,8,12-15H,5-7,9-11H2,(H,23,24)(H,25,26)/b22-12-. The van der Waals surface area contributed by atoms with E-state index in [1.807, 2.05) is 24.3 Å². The third kappa shape index (κ3) is 2.73. The molecule has 134 valence electrons. The highest BCUT2D eigenvalue weighted by Gasteiger charge is 2.52. The molecule has 4 saturated carbocycles. The van der Waals surface area contributed by atoms with Crippen molar-refractivity contribution in [3.05, 3.63) is 47.5 Å². The smallest absolute Gasteiger partial charge is 0.281 e. The van der Waals surface area contributed by atoms with Crippen LogP contribution in [0.5, 0.6) is 0 Å². The summed E-state index contributed by atoms with van der Waals surface area (Å²) >= 11 is 0. The van der Waals surface area contributed by atoms with Gasteiger partial charge in [0.2, 0.25) is 0 Å². The number of nitrogens with zero attached hydrogens (tertiary/aromatic N) is 3. The van der Waals surface area contributed by atoms with Crippen molar-refractivity contribution >= 4 is 12.1 Å². The largest absolute Gasteiger partial charge is 0.291 e. The first-order valence-electron chi connectivity index (χ1n) is 9.50. The Morgan fingerprint density at radius 1 is 1.19 bits per heavy atom. The summed E-state index contributed by atoms with van der Waals surface area (Å²) in [6.45, 7) is 0. The number of rotatable bonds is 4. The zero-order chi connectivity index (χ0) is 17.6. The maximum Gasteiger partial charge on any atom is 0.291 e. The van der Waals surface area contributed by atoms with Gasteiger partial charge in [0.25, 0.3) is 5.91 Å². The average Bonchev–Trinajstić information content (AvgIpc) is 3.13. The number of pyridine rings is 1. The fourth-order valence-electron chi connectivity index (χ4n) is 5.82. The zero-order valence-corrected chi connectivity index (χ0v) is 14.7. The lowest BCUT2D eigenvalue weighted by Gasteiger charge is -2.56. The molecular weight excluding hydrogens is 326 g/mol. The number of carbonyl (C=O) groups is 1. The van der Waals surface area contributed by atoms with Crippen molar-refractivity contribution in [2.45, 2.75) is 43.9 Å². The van der Waals surface area contributed by atoms with E-state index in [0.29, 0.717) is 11.4 Å². The van der Waals surface area contributed by atoms with Gasteiger partial charge in [-0.05, 0) is 74.5 Å². The summed E-state index contributed by atoms with van der Waals surface area (Å²) in [7, 11) is 0. The monoisotopic (exact) mass is 349 g/mol. The van der Waals surface area contributed by atoms with Crippen molar-refractivity contribution < 1.29 is 4.79 Å². The first kappa shape index (κ1) is 15.7. The lowest BCUT2D eigenvalue weighted by atomic mass is 9.49. The summed E-state index contributed by atoms with van der Waals surface area (Å²) in [5.41, 5.74) is 5.02. The van der Waals surface area contributed by atoms with Gasteiger partial charge in [0, 0.05) is 17.3 Å². The number of aromatic amines is 1. The molecule has 1 amide bonds. The van der Waals surface area contributed by atoms with Crippen molar-refractivity contribution in [2.75, 3.05) is 0 Å². The molecule has 4 aliphatic carbocycles. The van der Waals surface area contributed by atoms with Gasteiger partial charge in [0.05, 0.1) is 11.9 Å². The quantitative estimate of drug-likeness (QED) is 0.657. The minimum absolute atomic E-state index is 0.220. The first-order valence-corrected chi connectivity index (χ1v) is 9.50. The van der Waals surface area contributed by atoms with E-state index in [9.17, 15) is 4.79 Å². The van der Waals surface area contributed by atoms with E-state index >= 15 is 0 Å². The predicted molar refractivity (Wildman–Crippen MR) is 97.7 cm³/mol. The minimum atomic E-state index is -0.288. The molecule has 0 atom stereocenters. The highest BCUT2D eigenvalue weighted by molar-refractivity contribution is 5.93. The predicted octanol–water partition coefficient (Wildman–Crippen LogP) is 3.04. The molecule has 0 saturated heterocycles. The Bertz CT molecular complexity index is 806. The van der Waals surface area contributed by atoms with E-state index in [0.717, 1.165) is 23.4 Å². The van der Waals surface area contributed by atoms with Gasteiger partial charge in [0.15, 0.2) is 5.69 Å². The summed E-state index contributed by atoms with van der Waals surface area (Å²) in [6, 6.07) is 7.49. The number of nitrogens with one attached hydrogen (secondary N) is 2. The fourth-order valence-corrected chi connectivity index (χ4v) is 5.82. The van der Waals surface area contributed by atoms with E-state index < -0.39 is 0 Å². The maximum atomic E-state index is 12.3. The molecule has 4 bridgehead atoms. The molecular formula is C20H23N5O. The Hall–Kier alpha value is -2.50. The SMILES string of the molecule is O=C(N/N=C\c1ccccn1)c1cc(C23CC4CC(CC(C4)C2)C3)[nH]n1. The van der Waals surface area contributed by atoms with E-state index in [-0.39, 0.29) is 11.3 Å². The van der Waals surface area contributed by atoms with Crippen molar-refractivity contribution in [3.63, 3.8) is 0 Å². The summed E-state index contributed by atoms with van der Waals surface area (Å²) in [5.74, 6) is 2.31. The maximum absolute atomic E-state index is 12.3. The molecule has 0 aliphatic heterocycles. The lowest BCUT2D eigenvalue weighted by Crippen LogP contribution is -2.48. The van der Waals surface area contributed by atoms with Crippen molar-refractivity contribution in [1.82, 2.24) is 20.6 Å². The van der Waals surface area contributed by atoms with E-state index in [4.69, 9.17) is 0 Å². The van der Waals surface area contributed by atoms with E-state index in [1.165, 1.54) is 44.7 Å². The first-order chi connectivity index (χ1) is 12.7. The molecule has 4 aliphatic rings. The van der Waals surface area contributed by atoms with Crippen molar-refractivity contribution in [1.29, 1.82) is 0 Å². The lowest BCUT2D eigenvalue weighted by molar-refractivity contribution is -0.00721. The number of aromatic nitrogens is 3. The van der Waals surface area contributed by atoms with Crippen LogP contribution in [0.1, 0.15) is 60.4 Å². The Morgan fingerprint density at radius 2 is 1.92 bits per heavy atom. The van der Waals surface area contributed by atoms with Crippen LogP contribution in [-0.2, 0) is 5.41 Å². The second kappa shape index (κ2) is 6.04. The molecule has 2 heterocycles. The topological polar surface area (TPSA) is 83.0 Å². The van der Waals surface area contributed by atoms with Gasteiger partial charge in [-0.2, -0.15) is 10.2 Å². The normalized spacial score (nSPS) is 32.2. The average molecular weight is 349 g/mol. The van der Waals surface area contributed by atoms with Gasteiger partial charge in [0.1, 0.15) is 0 Å². The van der Waals surface area contributed by atoms with Crippen LogP contribution in [-0.4, -0.2) is 27.3 Å². The molecule has 2 aromatic rings. The molecule has 6 nitrogen and oxygen atoms in total. The molecule has 2 aromatic heterocycles. The number of hydrogen-bond acceptors (Lipinski definition) is 4. The molecule has 6 rings (SSSR count). The number of carbonyl (C=O) groups excluding carboxylic acids is 1. The fraction of sp³-hybridized carbons (Fsp3) is 0.500. The van der Waals surface area contributed by atoms with Gasteiger partial charge in [-0.15, -0.1) is 0 Å². The van der Waals surface area contributed by atoms with Crippen LogP contribution in [0, 0.1) is 17.8 Å². The second-order valence-corrected chi connectivity index (χ2v) is 8.32. The molecule has 0 aromatic carbocycles. The van der Waals surface area contributed by atoms with Crippen molar-refractivity contribution in [3.8, 4) is 0 Å². The summed E-state index contributed by atoms with van der Waals surface area (Å²) in [5, 5.41) is 11.4. The van der Waals surface area contributed by atoms with Crippen LogP contribution in [0.2, 0.25) is 0 Å². The summed E-state index contributed by atoms with van der Waals surface area (Å²) < 4.78 is 0. The Labute approximate surface area is 152 Å². The minimum Gasteiger partial charge on any atom is -0.281 e. The number of H-pyrrole nitrogens is 1. The molecule has 26 heavy (non-hydrogen) atoms. The third-order valence-corrected chi connectivity index (χ3v) is 6.47. The number of hydrazone groups is 1. The van der Waals surface area contributed by atoms with Gasteiger partial charge in [-0.1, -0.05) is 6.07 Å². The summed E-state index contributed by atoms with van der Waals surface area (Å²) in [6.07, 6.45) is 11.2. The van der Waals surface area contributed by atoms with E-state index in [2.05, 4.69) is 25.7 Å². The molecule has 0 radical (unpaired) electrons. The Morgan fingerprint density at radius 3 is 2.58 bits per heavy atom. The number of amides is 1. The van der Waals surface area contributed by atoms with Gasteiger partial charge in [-0.25, -0.2) is 5.43 Å². The third-order valence-electron chi connectivity index (χ3n) is 6.47. The van der Waals surface area contributed by atoms with Gasteiger partial charge >= 0.3 is 0 Å². The molecule has 0 unspecified atom stereocenters. The molecule has 4 fully saturated rings. The summed E-state index contributed by atoms with van der Waals surface area (Å²) in [4.78, 5) is 16.5. The van der Waals surface area contributed by atoms with Crippen molar-refractivity contribution in [2.24, 2.45) is 22.9 Å². The van der Waals surface area contributed by atoms with Crippen LogP contribution in [0.25, 0.3) is 0 Å². The number of hydrogen-bond donors (Lipinski definition) is 2. The van der Waals surface area contributed by atoms with Crippen LogP contribution in [0.3, 0.4) is 0 Å². The second-order valence-electron chi connectivity index (χ2n) is 8.32.